The lowest BCUT2D eigenvalue weighted by Gasteiger charge is -2.08. The molecule has 1 aromatic heterocycles. The third-order valence-corrected chi connectivity index (χ3v) is 3.73. The highest BCUT2D eigenvalue weighted by Crippen LogP contribution is 2.13. The quantitative estimate of drug-likeness (QED) is 0.756. The molecule has 0 fully saturated rings. The van der Waals surface area contributed by atoms with Crippen LogP contribution in [0.5, 0.6) is 0 Å². The zero-order valence-electron chi connectivity index (χ0n) is 9.54. The summed E-state index contributed by atoms with van der Waals surface area (Å²) < 4.78 is 27.2. The number of nitrogens with one attached hydrogen (secondary N) is 1. The molecule has 0 amide bonds. The van der Waals surface area contributed by atoms with E-state index in [9.17, 15) is 13.2 Å². The van der Waals surface area contributed by atoms with Crippen molar-refractivity contribution in [3.8, 4) is 0 Å². The van der Waals surface area contributed by atoms with Gasteiger partial charge in [-0.25, -0.2) is 17.9 Å². The normalized spacial score (nSPS) is 13.3. The van der Waals surface area contributed by atoms with Gasteiger partial charge in [-0.05, 0) is 13.0 Å². The fraction of sp³-hybridized carbons (Fsp3) is 0.300. The van der Waals surface area contributed by atoms with E-state index in [1.807, 2.05) is 0 Å². The summed E-state index contributed by atoms with van der Waals surface area (Å²) >= 11 is 0. The summed E-state index contributed by atoms with van der Waals surface area (Å²) in [5.74, 6) is -1.18. The van der Waals surface area contributed by atoms with Crippen molar-refractivity contribution in [3.63, 3.8) is 0 Å². The van der Waals surface area contributed by atoms with Gasteiger partial charge in [0, 0.05) is 19.3 Å². The fourth-order valence-corrected chi connectivity index (χ4v) is 2.54. The maximum atomic E-state index is 11.8. The van der Waals surface area contributed by atoms with Crippen molar-refractivity contribution < 1.29 is 18.3 Å². The highest BCUT2D eigenvalue weighted by Gasteiger charge is 2.21. The molecule has 94 valence electrons. The Bertz CT molecular complexity index is 545. The number of aromatic nitrogens is 1. The summed E-state index contributed by atoms with van der Waals surface area (Å²) in [6.45, 7) is 5.09. The van der Waals surface area contributed by atoms with Crippen LogP contribution in [0.1, 0.15) is 17.4 Å². The molecule has 7 heteroatoms. The third kappa shape index (κ3) is 2.95. The van der Waals surface area contributed by atoms with E-state index in [4.69, 9.17) is 5.11 Å². The number of carboxylic acid groups (broad SMARTS) is 1. The van der Waals surface area contributed by atoms with Crippen LogP contribution in [0.15, 0.2) is 29.8 Å². The van der Waals surface area contributed by atoms with E-state index in [0.29, 0.717) is 0 Å². The standard InChI is InChI=1S/C10H14N2O4S/c1-4-7(2)11-17(15,16)8-5-9(10(13)14)12(3)6-8/h4-7,11H,1H2,2-3H3,(H,13,14). The number of aromatic carboxylic acids is 1. The Balaban J connectivity index is 3.12. The summed E-state index contributed by atoms with van der Waals surface area (Å²) in [7, 11) is -2.24. The van der Waals surface area contributed by atoms with Gasteiger partial charge in [0.25, 0.3) is 0 Å². The lowest BCUT2D eigenvalue weighted by atomic mass is 10.4. The average Bonchev–Trinajstić information content (AvgIpc) is 2.60. The maximum Gasteiger partial charge on any atom is 0.352 e. The Morgan fingerprint density at radius 2 is 2.24 bits per heavy atom. The average molecular weight is 258 g/mol. The zero-order valence-corrected chi connectivity index (χ0v) is 10.4. The molecular weight excluding hydrogens is 244 g/mol. The van der Waals surface area contributed by atoms with Gasteiger partial charge in [-0.2, -0.15) is 0 Å². The highest BCUT2D eigenvalue weighted by molar-refractivity contribution is 7.89. The van der Waals surface area contributed by atoms with Crippen molar-refractivity contribution in [2.45, 2.75) is 17.9 Å². The van der Waals surface area contributed by atoms with E-state index in [-0.39, 0.29) is 10.6 Å². The van der Waals surface area contributed by atoms with Crippen LogP contribution in [0.3, 0.4) is 0 Å². The van der Waals surface area contributed by atoms with Crippen molar-refractivity contribution in [2.24, 2.45) is 7.05 Å². The van der Waals surface area contributed by atoms with Crippen LogP contribution in [-0.4, -0.2) is 30.1 Å². The Hall–Kier alpha value is -1.60. The molecule has 0 aliphatic carbocycles. The molecule has 1 rings (SSSR count). The van der Waals surface area contributed by atoms with E-state index in [2.05, 4.69) is 11.3 Å². The van der Waals surface area contributed by atoms with Crippen LogP contribution < -0.4 is 4.72 Å². The summed E-state index contributed by atoms with van der Waals surface area (Å²) in [6.07, 6.45) is 2.69. The first-order chi connectivity index (χ1) is 7.77. The van der Waals surface area contributed by atoms with Crippen LogP contribution in [0.4, 0.5) is 0 Å². The lowest BCUT2D eigenvalue weighted by Crippen LogP contribution is -2.30. The number of nitrogens with zero attached hydrogens (tertiary/aromatic N) is 1. The van der Waals surface area contributed by atoms with Crippen LogP contribution in [0.2, 0.25) is 0 Å². The van der Waals surface area contributed by atoms with E-state index < -0.39 is 22.0 Å². The molecule has 6 nitrogen and oxygen atoms in total. The molecule has 0 aliphatic heterocycles. The Kier molecular flexibility index (Phi) is 3.74. The van der Waals surface area contributed by atoms with Gasteiger partial charge in [0.1, 0.15) is 10.6 Å². The second-order valence-corrected chi connectivity index (χ2v) is 5.34. The van der Waals surface area contributed by atoms with Crippen LogP contribution in [-0.2, 0) is 17.1 Å². The second kappa shape index (κ2) is 4.72. The van der Waals surface area contributed by atoms with Gasteiger partial charge < -0.3 is 9.67 Å². The van der Waals surface area contributed by atoms with E-state index in [0.717, 1.165) is 6.07 Å². The third-order valence-electron chi connectivity index (χ3n) is 2.20. The second-order valence-electron chi connectivity index (χ2n) is 3.62. The number of aryl methyl sites for hydroxylation is 1. The van der Waals surface area contributed by atoms with E-state index in [1.165, 1.54) is 23.9 Å². The number of carboxylic acids is 1. The minimum absolute atomic E-state index is 0.0777. The summed E-state index contributed by atoms with van der Waals surface area (Å²) in [4.78, 5) is 10.7. The molecule has 17 heavy (non-hydrogen) atoms. The van der Waals surface area contributed by atoms with Crippen molar-refractivity contribution in [2.75, 3.05) is 0 Å². The number of hydrogen-bond donors (Lipinski definition) is 2. The Labute approximate surface area is 99.6 Å². The molecule has 2 N–H and O–H groups in total. The molecule has 1 aromatic rings. The van der Waals surface area contributed by atoms with Gasteiger partial charge in [-0.3, -0.25) is 0 Å². The summed E-state index contributed by atoms with van der Waals surface area (Å²) in [6, 6.07) is 0.689. The SMILES string of the molecule is C=CC(C)NS(=O)(=O)c1cc(C(=O)O)n(C)c1. The van der Waals surface area contributed by atoms with E-state index in [1.54, 1.807) is 6.92 Å². The Morgan fingerprint density at radius 3 is 2.65 bits per heavy atom. The molecule has 0 aliphatic rings. The summed E-state index contributed by atoms with van der Waals surface area (Å²) in [5.41, 5.74) is -0.0865. The monoisotopic (exact) mass is 258 g/mol. The number of sulfonamides is 1. The topological polar surface area (TPSA) is 88.4 Å². The first kappa shape index (κ1) is 13.5. The first-order valence-corrected chi connectivity index (χ1v) is 6.31. The van der Waals surface area contributed by atoms with Crippen LogP contribution in [0, 0.1) is 0 Å². The molecule has 0 bridgehead atoms. The molecule has 1 unspecified atom stereocenters. The largest absolute Gasteiger partial charge is 0.477 e. The minimum atomic E-state index is -3.71. The van der Waals surface area contributed by atoms with Gasteiger partial charge >= 0.3 is 5.97 Å². The predicted molar refractivity (Wildman–Crippen MR) is 62.4 cm³/mol. The van der Waals surface area contributed by atoms with Crippen LogP contribution >= 0.6 is 0 Å². The van der Waals surface area contributed by atoms with Gasteiger partial charge in [0.2, 0.25) is 10.0 Å². The van der Waals surface area contributed by atoms with Crippen molar-refractivity contribution >= 4 is 16.0 Å². The lowest BCUT2D eigenvalue weighted by molar-refractivity contribution is 0.0686. The van der Waals surface area contributed by atoms with Crippen molar-refractivity contribution in [1.29, 1.82) is 0 Å². The maximum absolute atomic E-state index is 11.8. The highest BCUT2D eigenvalue weighted by atomic mass is 32.2. The van der Waals surface area contributed by atoms with Crippen LogP contribution in [0.25, 0.3) is 0 Å². The molecule has 0 saturated heterocycles. The molecule has 0 radical (unpaired) electrons. The minimum Gasteiger partial charge on any atom is -0.477 e. The molecule has 0 aromatic carbocycles. The van der Waals surface area contributed by atoms with Gasteiger partial charge in [0.05, 0.1) is 0 Å². The number of hydrogen-bond acceptors (Lipinski definition) is 3. The van der Waals surface area contributed by atoms with E-state index >= 15 is 0 Å². The fourth-order valence-electron chi connectivity index (χ4n) is 1.25. The Morgan fingerprint density at radius 1 is 1.65 bits per heavy atom. The smallest absolute Gasteiger partial charge is 0.352 e. The van der Waals surface area contributed by atoms with Gasteiger partial charge in [-0.15, -0.1) is 6.58 Å². The van der Waals surface area contributed by atoms with Gasteiger partial charge in [-0.1, -0.05) is 6.08 Å². The predicted octanol–water partition coefficient (Wildman–Crippen LogP) is 0.576. The number of carbonyl (C=O) groups is 1. The molecule has 0 saturated carbocycles. The molecule has 1 heterocycles. The van der Waals surface area contributed by atoms with Gasteiger partial charge in [0.15, 0.2) is 0 Å². The summed E-state index contributed by atoms with van der Waals surface area (Å²) in [5, 5.41) is 8.82. The van der Waals surface area contributed by atoms with Crippen molar-refractivity contribution in [3.05, 3.63) is 30.6 Å². The molecule has 1 atom stereocenters. The first-order valence-electron chi connectivity index (χ1n) is 4.82. The van der Waals surface area contributed by atoms with Crippen molar-refractivity contribution in [1.82, 2.24) is 9.29 Å². The zero-order chi connectivity index (χ0) is 13.2. The number of rotatable bonds is 5. The molecular formula is C10H14N2O4S. The molecule has 0 spiro atoms.